The summed E-state index contributed by atoms with van der Waals surface area (Å²) in [5.74, 6) is 1.62. The first-order valence-electron chi connectivity index (χ1n) is 8.64. The third-order valence-corrected chi connectivity index (χ3v) is 5.02. The molecule has 2 fully saturated rings. The zero-order valence-corrected chi connectivity index (χ0v) is 16.1. The molecule has 2 aliphatic rings. The Morgan fingerprint density at radius 1 is 1.20 bits per heavy atom. The molecule has 1 aromatic rings. The molecule has 142 valence electrons. The van der Waals surface area contributed by atoms with E-state index in [1.807, 2.05) is 24.4 Å². The molecule has 1 saturated carbocycles. The maximum Gasteiger partial charge on any atom is 0.234 e. The number of nitrogens with zero attached hydrogens (tertiary/aromatic N) is 3. The topological polar surface area (TPSA) is 74.5 Å². The first kappa shape index (κ1) is 22.0. The van der Waals surface area contributed by atoms with Gasteiger partial charge in [0.05, 0.1) is 6.54 Å². The fourth-order valence-electron chi connectivity index (χ4n) is 3.64. The van der Waals surface area contributed by atoms with Gasteiger partial charge in [-0.15, -0.1) is 24.8 Å². The molecule has 8 heteroatoms. The molecule has 2 heterocycles. The van der Waals surface area contributed by atoms with E-state index in [9.17, 15) is 4.79 Å². The Labute approximate surface area is 162 Å². The van der Waals surface area contributed by atoms with Crippen molar-refractivity contribution in [2.75, 3.05) is 44.2 Å². The zero-order valence-electron chi connectivity index (χ0n) is 14.5. The fourth-order valence-corrected chi connectivity index (χ4v) is 3.64. The van der Waals surface area contributed by atoms with Crippen LogP contribution in [0.25, 0.3) is 0 Å². The van der Waals surface area contributed by atoms with Crippen LogP contribution in [0.4, 0.5) is 5.82 Å². The van der Waals surface area contributed by atoms with E-state index in [0.29, 0.717) is 19.0 Å². The third-order valence-electron chi connectivity index (χ3n) is 5.02. The average Bonchev–Trinajstić information content (AvgIpc) is 3.03. The minimum atomic E-state index is 0. The van der Waals surface area contributed by atoms with E-state index >= 15 is 0 Å². The lowest BCUT2D eigenvalue weighted by Gasteiger charge is -2.35. The molecule has 2 atom stereocenters. The van der Waals surface area contributed by atoms with Gasteiger partial charge in [0.15, 0.2) is 0 Å². The second-order valence-corrected chi connectivity index (χ2v) is 6.55. The molecule has 6 nitrogen and oxygen atoms in total. The number of hydrogen-bond acceptors (Lipinski definition) is 5. The number of piperazine rings is 1. The molecule has 3 rings (SSSR count). The number of aromatic nitrogens is 1. The first-order chi connectivity index (χ1) is 11.3. The van der Waals surface area contributed by atoms with Crippen LogP contribution in [0.15, 0.2) is 24.4 Å². The highest BCUT2D eigenvalue weighted by molar-refractivity contribution is 5.85. The highest BCUT2D eigenvalue weighted by atomic mass is 35.5. The molecule has 0 spiro atoms. The summed E-state index contributed by atoms with van der Waals surface area (Å²) in [4.78, 5) is 21.1. The number of carbonyl (C=O) groups excluding carboxylic acids is 1. The van der Waals surface area contributed by atoms with Gasteiger partial charge in [0.1, 0.15) is 5.82 Å². The summed E-state index contributed by atoms with van der Waals surface area (Å²) in [6.45, 7) is 4.79. The third kappa shape index (κ3) is 5.99. The second-order valence-electron chi connectivity index (χ2n) is 6.55. The lowest BCUT2D eigenvalue weighted by Crippen LogP contribution is -2.51. The molecule has 0 radical (unpaired) electrons. The number of hydrogen-bond donors (Lipinski definition) is 2. The number of nitrogens with one attached hydrogen (secondary N) is 1. The number of halogens is 2. The summed E-state index contributed by atoms with van der Waals surface area (Å²) in [5, 5.41) is 3.18. The van der Waals surface area contributed by atoms with Gasteiger partial charge in [-0.25, -0.2) is 4.98 Å². The van der Waals surface area contributed by atoms with Gasteiger partial charge in [0.2, 0.25) is 5.91 Å². The van der Waals surface area contributed by atoms with E-state index < -0.39 is 0 Å². The van der Waals surface area contributed by atoms with Crippen LogP contribution in [0.3, 0.4) is 0 Å². The van der Waals surface area contributed by atoms with Crippen molar-refractivity contribution in [1.82, 2.24) is 15.2 Å². The maximum atomic E-state index is 12.3. The lowest BCUT2D eigenvalue weighted by molar-refractivity contribution is -0.123. The van der Waals surface area contributed by atoms with Gasteiger partial charge in [-0.3, -0.25) is 9.69 Å². The Morgan fingerprint density at radius 3 is 2.60 bits per heavy atom. The predicted octanol–water partition coefficient (Wildman–Crippen LogP) is 1.29. The van der Waals surface area contributed by atoms with Crippen molar-refractivity contribution < 1.29 is 4.79 Å². The van der Waals surface area contributed by atoms with Gasteiger partial charge in [-0.05, 0) is 37.4 Å². The van der Waals surface area contributed by atoms with Crippen molar-refractivity contribution in [2.45, 2.75) is 25.3 Å². The van der Waals surface area contributed by atoms with Crippen LogP contribution in [0.5, 0.6) is 0 Å². The van der Waals surface area contributed by atoms with Crippen LogP contribution >= 0.6 is 24.8 Å². The summed E-state index contributed by atoms with van der Waals surface area (Å²) in [6, 6.07) is 6.26. The molecule has 1 aliphatic heterocycles. The van der Waals surface area contributed by atoms with Crippen LogP contribution in [-0.2, 0) is 4.79 Å². The number of anilines is 1. The van der Waals surface area contributed by atoms with Crippen molar-refractivity contribution in [3.8, 4) is 0 Å². The van der Waals surface area contributed by atoms with Crippen LogP contribution in [0, 0.1) is 5.92 Å². The Balaban J connectivity index is 0.00000156. The summed E-state index contributed by atoms with van der Waals surface area (Å²) in [5.41, 5.74) is 5.78. The second kappa shape index (κ2) is 10.8. The fraction of sp³-hybridized carbons (Fsp3) is 0.647. The molecule has 2 unspecified atom stereocenters. The first-order valence-corrected chi connectivity index (χ1v) is 8.64. The number of pyridine rings is 1. The molecular weight excluding hydrogens is 361 g/mol. The monoisotopic (exact) mass is 389 g/mol. The smallest absolute Gasteiger partial charge is 0.234 e. The number of amides is 1. The lowest BCUT2D eigenvalue weighted by atomic mass is 10.0. The van der Waals surface area contributed by atoms with Gasteiger partial charge in [-0.2, -0.15) is 0 Å². The van der Waals surface area contributed by atoms with Gasteiger partial charge in [0, 0.05) is 38.4 Å². The Bertz CT molecular complexity index is 511. The number of carbonyl (C=O) groups is 1. The van der Waals surface area contributed by atoms with Gasteiger partial charge < -0.3 is 16.0 Å². The highest BCUT2D eigenvalue weighted by Gasteiger charge is 2.28. The number of nitrogens with two attached hydrogens (primary N) is 1. The van der Waals surface area contributed by atoms with Crippen molar-refractivity contribution in [3.63, 3.8) is 0 Å². The normalized spacial score (nSPS) is 23.5. The van der Waals surface area contributed by atoms with Crippen molar-refractivity contribution >= 4 is 36.5 Å². The van der Waals surface area contributed by atoms with E-state index in [2.05, 4.69) is 20.1 Å². The van der Waals surface area contributed by atoms with E-state index in [1.165, 1.54) is 6.42 Å². The predicted molar refractivity (Wildman–Crippen MR) is 106 cm³/mol. The molecule has 0 aromatic carbocycles. The van der Waals surface area contributed by atoms with Gasteiger partial charge in [-0.1, -0.05) is 12.5 Å². The summed E-state index contributed by atoms with van der Waals surface area (Å²) in [7, 11) is 0. The quantitative estimate of drug-likeness (QED) is 0.793. The molecule has 1 aliphatic carbocycles. The molecule has 3 N–H and O–H groups in total. The van der Waals surface area contributed by atoms with E-state index in [4.69, 9.17) is 5.73 Å². The van der Waals surface area contributed by atoms with Crippen molar-refractivity contribution in [1.29, 1.82) is 0 Å². The summed E-state index contributed by atoms with van der Waals surface area (Å²) < 4.78 is 0. The minimum Gasteiger partial charge on any atom is -0.354 e. The molecule has 1 amide bonds. The Morgan fingerprint density at radius 2 is 1.96 bits per heavy atom. The molecule has 25 heavy (non-hydrogen) atoms. The van der Waals surface area contributed by atoms with Gasteiger partial charge in [0.25, 0.3) is 0 Å². The number of rotatable bonds is 5. The maximum absolute atomic E-state index is 12.3. The molecular formula is C17H29Cl2N5O. The molecule has 1 aromatic heterocycles. The van der Waals surface area contributed by atoms with E-state index in [1.54, 1.807) is 0 Å². The molecule has 0 bridgehead atoms. The van der Waals surface area contributed by atoms with E-state index in [-0.39, 0.29) is 36.8 Å². The minimum absolute atomic E-state index is 0. The summed E-state index contributed by atoms with van der Waals surface area (Å²) in [6.07, 6.45) is 5.21. The van der Waals surface area contributed by atoms with Crippen molar-refractivity contribution in [2.24, 2.45) is 11.7 Å². The highest BCUT2D eigenvalue weighted by Crippen LogP contribution is 2.24. The van der Waals surface area contributed by atoms with Gasteiger partial charge >= 0.3 is 0 Å². The van der Waals surface area contributed by atoms with Crippen LogP contribution in [0.2, 0.25) is 0 Å². The zero-order chi connectivity index (χ0) is 16.1. The Kier molecular flexibility index (Phi) is 9.50. The largest absolute Gasteiger partial charge is 0.354 e. The molecule has 1 saturated heterocycles. The summed E-state index contributed by atoms with van der Waals surface area (Å²) >= 11 is 0. The van der Waals surface area contributed by atoms with Crippen LogP contribution in [-0.4, -0.2) is 61.1 Å². The van der Waals surface area contributed by atoms with Crippen LogP contribution in [0.1, 0.15) is 19.3 Å². The van der Waals surface area contributed by atoms with Crippen molar-refractivity contribution in [3.05, 3.63) is 24.4 Å². The van der Waals surface area contributed by atoms with Crippen LogP contribution < -0.4 is 16.0 Å². The van der Waals surface area contributed by atoms with E-state index in [0.717, 1.165) is 44.8 Å². The Hall–Kier alpha value is -1.08. The average molecular weight is 390 g/mol. The SMILES string of the molecule is Cl.Cl.NCC1CCCC1NC(=O)CN1CCN(c2ccccn2)CC1. The standard InChI is InChI=1S/C17H27N5O.2ClH/c18-12-14-4-3-5-15(14)20-17(23)13-21-8-10-22(11-9-21)16-6-1-2-7-19-16;;/h1-2,6-7,14-15H,3-5,8-13,18H2,(H,20,23);2*1H.